The van der Waals surface area contributed by atoms with E-state index in [1.807, 2.05) is 52.0 Å². The van der Waals surface area contributed by atoms with E-state index in [2.05, 4.69) is 10.3 Å². The van der Waals surface area contributed by atoms with Gasteiger partial charge in [0.05, 0.1) is 12.1 Å². The quantitative estimate of drug-likeness (QED) is 0.890. The number of hydrogen-bond acceptors (Lipinski definition) is 4. The molecule has 0 radical (unpaired) electrons. The van der Waals surface area contributed by atoms with Crippen LogP contribution in [0.4, 0.5) is 5.82 Å². The minimum atomic E-state index is -0.105. The zero-order valence-electron chi connectivity index (χ0n) is 13.5. The van der Waals surface area contributed by atoms with Crippen molar-refractivity contribution in [1.82, 2.24) is 9.55 Å². The predicted molar refractivity (Wildman–Crippen MR) is 88.4 cm³/mol. The number of nitrogens with zero attached hydrogens (tertiary/aromatic N) is 2. The standard InChI is InChI=1S/C17H23N3O2/c1-5-20-10-9-18-16(17(20)21)19-13(4)14-7-6-8-15(11-14)22-12(2)3/h6-13H,5H2,1-4H3,(H,18,19). The lowest BCUT2D eigenvalue weighted by molar-refractivity contribution is 0.242. The normalized spacial score (nSPS) is 12.2. The molecule has 2 rings (SSSR count). The molecule has 0 fully saturated rings. The highest BCUT2D eigenvalue weighted by atomic mass is 16.5. The summed E-state index contributed by atoms with van der Waals surface area (Å²) in [5, 5.41) is 3.18. The first-order valence-electron chi connectivity index (χ1n) is 7.59. The van der Waals surface area contributed by atoms with E-state index in [0.717, 1.165) is 11.3 Å². The first-order chi connectivity index (χ1) is 10.5. The second-order valence-corrected chi connectivity index (χ2v) is 5.47. The van der Waals surface area contributed by atoms with Gasteiger partial charge < -0.3 is 14.6 Å². The van der Waals surface area contributed by atoms with Crippen LogP contribution in [0.15, 0.2) is 41.5 Å². The summed E-state index contributed by atoms with van der Waals surface area (Å²) in [6, 6.07) is 7.84. The first kappa shape index (κ1) is 16.1. The van der Waals surface area contributed by atoms with Crippen LogP contribution in [0.2, 0.25) is 0 Å². The van der Waals surface area contributed by atoms with Crippen LogP contribution in [0.25, 0.3) is 0 Å². The van der Waals surface area contributed by atoms with Gasteiger partial charge in [0.25, 0.3) is 5.56 Å². The van der Waals surface area contributed by atoms with Crippen LogP contribution < -0.4 is 15.6 Å². The number of rotatable bonds is 6. The molecule has 1 unspecified atom stereocenters. The Hall–Kier alpha value is -2.30. The molecule has 22 heavy (non-hydrogen) atoms. The van der Waals surface area contributed by atoms with E-state index in [1.165, 1.54) is 0 Å². The van der Waals surface area contributed by atoms with Gasteiger partial charge in [0.15, 0.2) is 5.82 Å². The van der Waals surface area contributed by atoms with Crippen molar-refractivity contribution in [2.45, 2.75) is 46.4 Å². The molecule has 5 nitrogen and oxygen atoms in total. The van der Waals surface area contributed by atoms with E-state index >= 15 is 0 Å². The van der Waals surface area contributed by atoms with E-state index in [1.54, 1.807) is 17.0 Å². The Kier molecular flexibility index (Phi) is 5.20. The molecule has 2 aromatic rings. The Balaban J connectivity index is 2.19. The Bertz CT molecular complexity index is 680. The van der Waals surface area contributed by atoms with Gasteiger partial charge in [-0.1, -0.05) is 12.1 Å². The molecule has 5 heteroatoms. The third-order valence-corrected chi connectivity index (χ3v) is 3.34. The number of anilines is 1. The van der Waals surface area contributed by atoms with Crippen LogP contribution in [-0.4, -0.2) is 15.7 Å². The van der Waals surface area contributed by atoms with Crippen LogP contribution in [0.1, 0.15) is 39.3 Å². The Morgan fingerprint density at radius 3 is 2.77 bits per heavy atom. The summed E-state index contributed by atoms with van der Waals surface area (Å²) < 4.78 is 7.33. The fraction of sp³-hybridized carbons (Fsp3) is 0.412. The molecule has 0 aliphatic rings. The van der Waals surface area contributed by atoms with Gasteiger partial charge in [-0.25, -0.2) is 4.98 Å². The summed E-state index contributed by atoms with van der Waals surface area (Å²) in [6.07, 6.45) is 3.46. The van der Waals surface area contributed by atoms with Crippen molar-refractivity contribution in [3.63, 3.8) is 0 Å². The Morgan fingerprint density at radius 2 is 2.09 bits per heavy atom. The van der Waals surface area contributed by atoms with E-state index in [4.69, 9.17) is 4.74 Å². The van der Waals surface area contributed by atoms with Crippen molar-refractivity contribution in [3.8, 4) is 5.75 Å². The van der Waals surface area contributed by atoms with Crippen molar-refractivity contribution in [2.75, 3.05) is 5.32 Å². The fourth-order valence-electron chi connectivity index (χ4n) is 2.21. The smallest absolute Gasteiger partial charge is 0.293 e. The minimum Gasteiger partial charge on any atom is -0.491 e. The lowest BCUT2D eigenvalue weighted by atomic mass is 10.1. The summed E-state index contributed by atoms with van der Waals surface area (Å²) in [4.78, 5) is 16.3. The van der Waals surface area contributed by atoms with Gasteiger partial charge in [-0.3, -0.25) is 4.79 Å². The molecule has 0 aliphatic carbocycles. The molecule has 0 saturated carbocycles. The highest BCUT2D eigenvalue weighted by Crippen LogP contribution is 2.21. The monoisotopic (exact) mass is 301 g/mol. The van der Waals surface area contributed by atoms with Crippen LogP contribution in [0.3, 0.4) is 0 Å². The summed E-state index contributed by atoms with van der Waals surface area (Å²) in [5.41, 5.74) is 0.942. The van der Waals surface area contributed by atoms with E-state index in [-0.39, 0.29) is 17.7 Å². The summed E-state index contributed by atoms with van der Waals surface area (Å²) >= 11 is 0. The highest BCUT2D eigenvalue weighted by Gasteiger charge is 2.11. The zero-order chi connectivity index (χ0) is 16.1. The van der Waals surface area contributed by atoms with Crippen LogP contribution >= 0.6 is 0 Å². The molecule has 0 bridgehead atoms. The molecular formula is C17H23N3O2. The molecule has 1 atom stereocenters. The molecule has 0 amide bonds. The third-order valence-electron chi connectivity index (χ3n) is 3.34. The van der Waals surface area contributed by atoms with Crippen LogP contribution in [0.5, 0.6) is 5.75 Å². The molecule has 1 N–H and O–H groups in total. The summed E-state index contributed by atoms with van der Waals surface area (Å²) in [6.45, 7) is 8.55. The number of nitrogens with one attached hydrogen (secondary N) is 1. The number of ether oxygens (including phenoxy) is 1. The van der Waals surface area contributed by atoms with E-state index < -0.39 is 0 Å². The van der Waals surface area contributed by atoms with E-state index in [0.29, 0.717) is 12.4 Å². The molecule has 1 aromatic carbocycles. The summed E-state index contributed by atoms with van der Waals surface area (Å²) in [7, 11) is 0. The molecule has 0 saturated heterocycles. The van der Waals surface area contributed by atoms with Gasteiger partial charge in [-0.05, 0) is 45.4 Å². The SMILES string of the molecule is CCn1ccnc(NC(C)c2cccc(OC(C)C)c2)c1=O. The fourth-order valence-corrected chi connectivity index (χ4v) is 2.21. The molecule has 1 aromatic heterocycles. The maximum Gasteiger partial charge on any atom is 0.293 e. The lowest BCUT2D eigenvalue weighted by Gasteiger charge is -2.17. The molecule has 118 valence electrons. The van der Waals surface area contributed by atoms with Gasteiger partial charge in [0, 0.05) is 18.9 Å². The largest absolute Gasteiger partial charge is 0.491 e. The van der Waals surface area contributed by atoms with Crippen molar-refractivity contribution < 1.29 is 4.74 Å². The lowest BCUT2D eigenvalue weighted by Crippen LogP contribution is -2.24. The maximum atomic E-state index is 12.2. The number of aromatic nitrogens is 2. The second kappa shape index (κ2) is 7.11. The molecule has 0 spiro atoms. The number of aryl methyl sites for hydroxylation is 1. The van der Waals surface area contributed by atoms with Crippen LogP contribution in [0, 0.1) is 0 Å². The van der Waals surface area contributed by atoms with Crippen molar-refractivity contribution in [2.24, 2.45) is 0 Å². The Morgan fingerprint density at radius 1 is 1.32 bits per heavy atom. The van der Waals surface area contributed by atoms with Gasteiger partial charge in [0.1, 0.15) is 5.75 Å². The number of hydrogen-bond donors (Lipinski definition) is 1. The van der Waals surface area contributed by atoms with Crippen molar-refractivity contribution in [3.05, 3.63) is 52.6 Å². The maximum absolute atomic E-state index is 12.2. The van der Waals surface area contributed by atoms with Gasteiger partial charge in [-0.15, -0.1) is 0 Å². The molecular weight excluding hydrogens is 278 g/mol. The predicted octanol–water partition coefficient (Wildman–Crippen LogP) is 3.22. The van der Waals surface area contributed by atoms with Crippen molar-refractivity contribution >= 4 is 5.82 Å². The van der Waals surface area contributed by atoms with E-state index in [9.17, 15) is 4.79 Å². The second-order valence-electron chi connectivity index (χ2n) is 5.47. The van der Waals surface area contributed by atoms with Gasteiger partial charge in [0.2, 0.25) is 0 Å². The highest BCUT2D eigenvalue weighted by molar-refractivity contribution is 5.38. The van der Waals surface area contributed by atoms with Gasteiger partial charge in [-0.2, -0.15) is 0 Å². The average Bonchev–Trinajstić information content (AvgIpc) is 2.49. The molecule has 0 aliphatic heterocycles. The number of benzene rings is 1. The molecule has 1 heterocycles. The van der Waals surface area contributed by atoms with Crippen LogP contribution in [-0.2, 0) is 6.54 Å². The minimum absolute atomic E-state index is 0.0383. The summed E-state index contributed by atoms with van der Waals surface area (Å²) in [5.74, 6) is 1.19. The zero-order valence-corrected chi connectivity index (χ0v) is 13.5. The van der Waals surface area contributed by atoms with Gasteiger partial charge >= 0.3 is 0 Å². The third kappa shape index (κ3) is 3.87. The Labute approximate surface area is 131 Å². The van der Waals surface area contributed by atoms with Crippen molar-refractivity contribution in [1.29, 1.82) is 0 Å². The first-order valence-corrected chi connectivity index (χ1v) is 7.59. The average molecular weight is 301 g/mol. The topological polar surface area (TPSA) is 56.1 Å².